The smallest absolute Gasteiger partial charge is 0.289 e. The van der Waals surface area contributed by atoms with Gasteiger partial charge in [0.2, 0.25) is 5.78 Å². The van der Waals surface area contributed by atoms with Crippen molar-refractivity contribution in [1.82, 2.24) is 9.88 Å². The van der Waals surface area contributed by atoms with E-state index >= 15 is 0 Å². The van der Waals surface area contributed by atoms with Crippen molar-refractivity contribution >= 4 is 22.6 Å². The Balaban J connectivity index is 1.40. The number of fused-ring (bicyclic) bond motifs is 1. The summed E-state index contributed by atoms with van der Waals surface area (Å²) in [6, 6.07) is 11.3. The Labute approximate surface area is 151 Å². The molecule has 3 heterocycles. The van der Waals surface area contributed by atoms with Crippen LogP contribution in [0, 0.1) is 6.92 Å². The normalized spacial score (nSPS) is 15.5. The number of aromatic amines is 1. The third-order valence-electron chi connectivity index (χ3n) is 5.07. The average molecular weight is 352 g/mol. The molecule has 0 atom stereocenters. The van der Waals surface area contributed by atoms with Gasteiger partial charge in [-0.2, -0.15) is 0 Å². The van der Waals surface area contributed by atoms with Gasteiger partial charge in [-0.05, 0) is 25.1 Å². The lowest BCUT2D eigenvalue weighted by atomic mass is 10.1. The first kappa shape index (κ1) is 16.6. The van der Waals surface area contributed by atoms with Gasteiger partial charge >= 0.3 is 0 Å². The van der Waals surface area contributed by atoms with Crippen LogP contribution in [0.2, 0.25) is 0 Å². The first-order chi connectivity index (χ1) is 12.6. The Bertz CT molecular complexity index is 935. The van der Waals surface area contributed by atoms with Crippen molar-refractivity contribution in [2.75, 3.05) is 32.7 Å². The number of hydrogen-bond acceptors (Lipinski definition) is 3. The number of ketones is 1. The van der Waals surface area contributed by atoms with Gasteiger partial charge in [0.15, 0.2) is 5.76 Å². The van der Waals surface area contributed by atoms with E-state index in [1.54, 1.807) is 17.0 Å². The number of H-pyrrole nitrogens is 1. The number of para-hydroxylation sites is 1. The van der Waals surface area contributed by atoms with E-state index in [9.17, 15) is 9.59 Å². The number of carbonyl (C=O) groups is 2. The maximum atomic E-state index is 12.9. The fourth-order valence-electron chi connectivity index (χ4n) is 3.71. The third kappa shape index (κ3) is 3.04. The molecule has 26 heavy (non-hydrogen) atoms. The maximum absolute atomic E-state index is 12.9. The molecule has 0 unspecified atom stereocenters. The standard InChI is InChI=1S/C20H21N3O3/c1-14-19(15-5-2-3-6-16(15)21-14)17(24)13-22-8-10-23(11-9-22)20(25)18-7-4-12-26-18/h2-7,12,21H,8-11,13H2,1H3/p+1. The lowest BCUT2D eigenvalue weighted by Gasteiger charge is -2.31. The van der Waals surface area contributed by atoms with Crippen molar-refractivity contribution < 1.29 is 18.9 Å². The van der Waals surface area contributed by atoms with E-state index in [1.165, 1.54) is 11.2 Å². The highest BCUT2D eigenvalue weighted by atomic mass is 16.3. The molecule has 1 aliphatic rings. The number of carbonyl (C=O) groups excluding carboxylic acids is 2. The molecular weight excluding hydrogens is 330 g/mol. The molecule has 1 aliphatic heterocycles. The number of nitrogens with one attached hydrogen (secondary N) is 2. The molecule has 0 spiro atoms. The molecule has 1 amide bonds. The molecule has 1 saturated heterocycles. The van der Waals surface area contributed by atoms with Crippen molar-refractivity contribution in [2.24, 2.45) is 0 Å². The topological polar surface area (TPSA) is 70.8 Å². The summed E-state index contributed by atoms with van der Waals surface area (Å²) in [5, 5.41) is 0.987. The molecule has 1 fully saturated rings. The average Bonchev–Trinajstić information content (AvgIpc) is 3.28. The summed E-state index contributed by atoms with van der Waals surface area (Å²) < 4.78 is 5.19. The van der Waals surface area contributed by atoms with Crippen molar-refractivity contribution in [3.63, 3.8) is 0 Å². The van der Waals surface area contributed by atoms with Crippen LogP contribution in [0.15, 0.2) is 47.1 Å². The van der Waals surface area contributed by atoms with E-state index in [1.807, 2.05) is 31.2 Å². The van der Waals surface area contributed by atoms with Crippen LogP contribution >= 0.6 is 0 Å². The zero-order chi connectivity index (χ0) is 18.1. The summed E-state index contributed by atoms with van der Waals surface area (Å²) in [7, 11) is 0. The van der Waals surface area contributed by atoms with Gasteiger partial charge in [0.1, 0.15) is 6.54 Å². The van der Waals surface area contributed by atoms with Crippen LogP contribution in [-0.2, 0) is 0 Å². The second-order valence-corrected chi connectivity index (χ2v) is 6.79. The predicted octanol–water partition coefficient (Wildman–Crippen LogP) is 1.29. The predicted molar refractivity (Wildman–Crippen MR) is 97.5 cm³/mol. The van der Waals surface area contributed by atoms with Crippen molar-refractivity contribution in [3.05, 3.63) is 59.7 Å². The molecule has 6 heteroatoms. The lowest BCUT2D eigenvalue weighted by molar-refractivity contribution is -0.895. The molecule has 2 aromatic heterocycles. The van der Waals surface area contributed by atoms with Crippen LogP contribution in [0.4, 0.5) is 0 Å². The van der Waals surface area contributed by atoms with Gasteiger partial charge in [0.05, 0.1) is 38.0 Å². The first-order valence-corrected chi connectivity index (χ1v) is 8.90. The summed E-state index contributed by atoms with van der Waals surface area (Å²) in [6.07, 6.45) is 1.51. The van der Waals surface area contributed by atoms with E-state index < -0.39 is 0 Å². The number of benzene rings is 1. The Kier molecular flexibility index (Phi) is 4.34. The number of rotatable bonds is 4. The molecule has 0 aliphatic carbocycles. The summed E-state index contributed by atoms with van der Waals surface area (Å²) in [6.45, 7) is 5.19. The van der Waals surface area contributed by atoms with Gasteiger partial charge in [0, 0.05) is 16.6 Å². The van der Waals surface area contributed by atoms with Crippen LogP contribution in [0.25, 0.3) is 10.9 Å². The second-order valence-electron chi connectivity index (χ2n) is 6.79. The lowest BCUT2D eigenvalue weighted by Crippen LogP contribution is -3.15. The van der Waals surface area contributed by atoms with E-state index in [0.717, 1.165) is 35.2 Å². The van der Waals surface area contributed by atoms with Crippen molar-refractivity contribution in [1.29, 1.82) is 0 Å². The van der Waals surface area contributed by atoms with Gasteiger partial charge in [-0.25, -0.2) is 0 Å². The zero-order valence-electron chi connectivity index (χ0n) is 14.7. The fraction of sp³-hybridized carbons (Fsp3) is 0.300. The Morgan fingerprint density at radius 3 is 2.65 bits per heavy atom. The maximum Gasteiger partial charge on any atom is 0.289 e. The number of aryl methyl sites for hydroxylation is 1. The van der Waals surface area contributed by atoms with Gasteiger partial charge in [-0.15, -0.1) is 0 Å². The highest BCUT2D eigenvalue weighted by Crippen LogP contribution is 2.21. The van der Waals surface area contributed by atoms with Crippen molar-refractivity contribution in [3.8, 4) is 0 Å². The summed E-state index contributed by atoms with van der Waals surface area (Å²) in [5.41, 5.74) is 2.71. The molecule has 0 bridgehead atoms. The number of nitrogens with zero attached hydrogens (tertiary/aromatic N) is 1. The van der Waals surface area contributed by atoms with Crippen LogP contribution in [0.3, 0.4) is 0 Å². The number of quaternary nitrogens is 1. The fourth-order valence-corrected chi connectivity index (χ4v) is 3.71. The van der Waals surface area contributed by atoms with E-state index in [2.05, 4.69) is 4.98 Å². The molecule has 134 valence electrons. The van der Waals surface area contributed by atoms with Crippen LogP contribution in [-0.4, -0.2) is 54.3 Å². The van der Waals surface area contributed by atoms with Crippen LogP contribution in [0.1, 0.15) is 26.6 Å². The van der Waals surface area contributed by atoms with E-state index in [-0.39, 0.29) is 11.7 Å². The van der Waals surface area contributed by atoms with Gasteiger partial charge in [-0.3, -0.25) is 9.59 Å². The molecule has 0 radical (unpaired) electrons. The van der Waals surface area contributed by atoms with Gasteiger partial charge in [-0.1, -0.05) is 18.2 Å². The molecule has 2 N–H and O–H groups in total. The van der Waals surface area contributed by atoms with Gasteiger partial charge < -0.3 is 19.2 Å². The number of Topliss-reactive ketones (excluding diaryl/α,β-unsaturated/α-hetero) is 1. The Morgan fingerprint density at radius 1 is 1.15 bits per heavy atom. The van der Waals surface area contributed by atoms with E-state index in [4.69, 9.17) is 4.42 Å². The minimum absolute atomic E-state index is 0.0761. The third-order valence-corrected chi connectivity index (χ3v) is 5.07. The number of aromatic nitrogens is 1. The van der Waals surface area contributed by atoms with E-state index in [0.29, 0.717) is 25.4 Å². The molecule has 3 aromatic rings. The summed E-state index contributed by atoms with van der Waals surface area (Å²) >= 11 is 0. The minimum Gasteiger partial charge on any atom is -0.459 e. The molecule has 6 nitrogen and oxygen atoms in total. The molecule has 0 saturated carbocycles. The highest BCUT2D eigenvalue weighted by molar-refractivity contribution is 6.09. The molecule has 1 aromatic carbocycles. The summed E-state index contributed by atoms with van der Waals surface area (Å²) in [4.78, 5) is 31.5. The quantitative estimate of drug-likeness (QED) is 0.695. The minimum atomic E-state index is -0.0761. The SMILES string of the molecule is Cc1[nH]c2ccccc2c1C(=O)C[NH+]1CCN(C(=O)c2ccco2)CC1. The van der Waals surface area contributed by atoms with Crippen molar-refractivity contribution in [2.45, 2.75) is 6.92 Å². The summed E-state index contributed by atoms with van der Waals surface area (Å²) in [5.74, 6) is 0.451. The van der Waals surface area contributed by atoms with Gasteiger partial charge in [0.25, 0.3) is 5.91 Å². The molecule has 4 rings (SSSR count). The van der Waals surface area contributed by atoms with Crippen LogP contribution < -0.4 is 4.90 Å². The Hall–Kier alpha value is -2.86. The largest absolute Gasteiger partial charge is 0.459 e. The van der Waals surface area contributed by atoms with Crippen LogP contribution in [0.5, 0.6) is 0 Å². The zero-order valence-corrected chi connectivity index (χ0v) is 14.7. The number of amides is 1. The number of furan rings is 1. The second kappa shape index (κ2) is 6.80. The first-order valence-electron chi connectivity index (χ1n) is 8.90. The number of piperazine rings is 1. The number of hydrogen-bond donors (Lipinski definition) is 2. The Morgan fingerprint density at radius 2 is 1.92 bits per heavy atom. The highest BCUT2D eigenvalue weighted by Gasteiger charge is 2.28. The monoisotopic (exact) mass is 352 g/mol. The molecular formula is C20H22N3O3+.